The number of hydrogen-bond donors (Lipinski definition) is 0. The number of likely N-dealkylation sites (N-methyl/N-ethyl adjacent to an activating group) is 1. The molecule has 1 aromatic rings. The second-order valence-electron chi connectivity index (χ2n) is 4.03. The molecule has 2 rings (SSSR count). The first-order valence-corrected chi connectivity index (χ1v) is 5.22. The van der Waals surface area contributed by atoms with Gasteiger partial charge in [0.2, 0.25) is 0 Å². The van der Waals surface area contributed by atoms with E-state index in [1.165, 1.54) is 22.4 Å². The Bertz CT molecular complexity index is 365. The monoisotopic (exact) mass is 187 g/mol. The lowest BCUT2D eigenvalue weighted by Gasteiger charge is -2.31. The van der Waals surface area contributed by atoms with E-state index in [2.05, 4.69) is 43.5 Å². The van der Waals surface area contributed by atoms with Crippen molar-refractivity contribution in [3.63, 3.8) is 0 Å². The first kappa shape index (κ1) is 9.32. The lowest BCUT2D eigenvalue weighted by atomic mass is 9.96. The molecule has 0 aliphatic carbocycles. The van der Waals surface area contributed by atoms with Gasteiger partial charge in [-0.3, -0.25) is 0 Å². The van der Waals surface area contributed by atoms with E-state index in [0.717, 1.165) is 19.5 Å². The van der Waals surface area contributed by atoms with Crippen LogP contribution in [0.15, 0.2) is 30.5 Å². The molecule has 0 spiro atoms. The van der Waals surface area contributed by atoms with Gasteiger partial charge in [0.15, 0.2) is 0 Å². The highest BCUT2D eigenvalue weighted by atomic mass is 15.1. The van der Waals surface area contributed by atoms with Crippen LogP contribution in [0.25, 0.3) is 0 Å². The van der Waals surface area contributed by atoms with Crippen molar-refractivity contribution in [1.29, 1.82) is 0 Å². The average molecular weight is 187 g/mol. The van der Waals surface area contributed by atoms with Crippen molar-refractivity contribution < 1.29 is 0 Å². The Hall–Kier alpha value is -1.24. The van der Waals surface area contributed by atoms with E-state index in [1.54, 1.807) is 0 Å². The van der Waals surface area contributed by atoms with Crippen molar-refractivity contribution in [1.82, 2.24) is 4.90 Å². The second kappa shape index (κ2) is 3.49. The van der Waals surface area contributed by atoms with E-state index in [4.69, 9.17) is 0 Å². The number of fused-ring (bicyclic) bond motifs is 1. The van der Waals surface area contributed by atoms with Gasteiger partial charge in [-0.1, -0.05) is 30.3 Å². The highest BCUT2D eigenvalue weighted by molar-refractivity contribution is 5.36. The van der Waals surface area contributed by atoms with Crippen LogP contribution in [-0.2, 0) is 13.0 Å². The fourth-order valence-corrected chi connectivity index (χ4v) is 2.06. The highest BCUT2D eigenvalue weighted by Gasteiger charge is 2.16. The van der Waals surface area contributed by atoms with Crippen LogP contribution in [0, 0.1) is 6.92 Å². The van der Waals surface area contributed by atoms with E-state index < -0.39 is 0 Å². The third kappa shape index (κ3) is 1.54. The van der Waals surface area contributed by atoms with Crippen molar-refractivity contribution >= 4 is 0 Å². The summed E-state index contributed by atoms with van der Waals surface area (Å²) in [5.74, 6) is 0. The molecule has 1 nitrogen and oxygen atoms in total. The zero-order valence-corrected chi connectivity index (χ0v) is 9.01. The van der Waals surface area contributed by atoms with Crippen molar-refractivity contribution in [2.45, 2.75) is 26.8 Å². The Labute approximate surface area is 86.1 Å². The van der Waals surface area contributed by atoms with Crippen LogP contribution in [-0.4, -0.2) is 11.4 Å². The lowest BCUT2D eigenvalue weighted by Crippen LogP contribution is -2.27. The summed E-state index contributed by atoms with van der Waals surface area (Å²) in [5.41, 5.74) is 5.53. The van der Waals surface area contributed by atoms with Gasteiger partial charge in [0, 0.05) is 25.2 Å². The highest BCUT2D eigenvalue weighted by Crippen LogP contribution is 2.25. The minimum atomic E-state index is 1.02. The van der Waals surface area contributed by atoms with Crippen LogP contribution in [0.2, 0.25) is 0 Å². The van der Waals surface area contributed by atoms with E-state index in [0.29, 0.717) is 0 Å². The van der Waals surface area contributed by atoms with Gasteiger partial charge in [0.05, 0.1) is 0 Å². The van der Waals surface area contributed by atoms with Crippen molar-refractivity contribution in [2.75, 3.05) is 6.54 Å². The lowest BCUT2D eigenvalue weighted by molar-refractivity contribution is 0.334. The minimum Gasteiger partial charge on any atom is -0.371 e. The maximum absolute atomic E-state index is 4.11. The minimum absolute atomic E-state index is 1.02. The molecule has 0 saturated carbocycles. The fourth-order valence-electron chi connectivity index (χ4n) is 2.06. The van der Waals surface area contributed by atoms with E-state index in [-0.39, 0.29) is 0 Å². The van der Waals surface area contributed by atoms with Crippen LogP contribution < -0.4 is 0 Å². The normalized spacial score (nSPS) is 15.6. The number of allylic oxidation sites excluding steroid dienone is 1. The van der Waals surface area contributed by atoms with E-state index in [9.17, 15) is 0 Å². The van der Waals surface area contributed by atoms with Gasteiger partial charge in [0.25, 0.3) is 0 Å². The Morgan fingerprint density at radius 1 is 1.36 bits per heavy atom. The van der Waals surface area contributed by atoms with Crippen molar-refractivity contribution in [2.24, 2.45) is 0 Å². The van der Waals surface area contributed by atoms with Gasteiger partial charge < -0.3 is 4.90 Å². The first-order valence-electron chi connectivity index (χ1n) is 5.22. The van der Waals surface area contributed by atoms with Crippen molar-refractivity contribution in [3.05, 3.63) is 47.2 Å². The van der Waals surface area contributed by atoms with Crippen LogP contribution in [0.4, 0.5) is 0 Å². The molecule has 0 amide bonds. The molecule has 0 radical (unpaired) electrons. The van der Waals surface area contributed by atoms with Gasteiger partial charge in [-0.15, -0.1) is 0 Å². The summed E-state index contributed by atoms with van der Waals surface area (Å²) in [6.45, 7) is 10.5. The van der Waals surface area contributed by atoms with Gasteiger partial charge in [-0.25, -0.2) is 0 Å². The van der Waals surface area contributed by atoms with Crippen LogP contribution in [0.5, 0.6) is 0 Å². The second-order valence-corrected chi connectivity index (χ2v) is 4.03. The fraction of sp³-hybridized carbons (Fsp3) is 0.385. The van der Waals surface area contributed by atoms with E-state index >= 15 is 0 Å². The Kier molecular flexibility index (Phi) is 2.32. The summed E-state index contributed by atoms with van der Waals surface area (Å²) in [6, 6.07) is 6.72. The quantitative estimate of drug-likeness (QED) is 0.653. The predicted molar refractivity (Wildman–Crippen MR) is 60.1 cm³/mol. The maximum atomic E-state index is 4.11. The molecule has 0 N–H and O–H groups in total. The molecule has 0 fully saturated rings. The summed E-state index contributed by atoms with van der Waals surface area (Å²) in [7, 11) is 0. The van der Waals surface area contributed by atoms with Crippen LogP contribution >= 0.6 is 0 Å². The largest absolute Gasteiger partial charge is 0.371 e. The first-order chi connectivity index (χ1) is 6.70. The third-order valence-electron chi connectivity index (χ3n) is 2.95. The van der Waals surface area contributed by atoms with Gasteiger partial charge >= 0.3 is 0 Å². The molecule has 0 bridgehead atoms. The molecular weight excluding hydrogens is 170 g/mol. The number of benzene rings is 1. The molecule has 0 unspecified atom stereocenters. The van der Waals surface area contributed by atoms with Gasteiger partial charge in [0.1, 0.15) is 0 Å². The SMILES string of the molecule is C=C1Cc2ccc(C)cc2CN1CC. The number of aryl methyl sites for hydroxylation is 1. The van der Waals surface area contributed by atoms with Crippen LogP contribution in [0.1, 0.15) is 23.6 Å². The molecule has 74 valence electrons. The van der Waals surface area contributed by atoms with Crippen molar-refractivity contribution in [3.8, 4) is 0 Å². The zero-order valence-electron chi connectivity index (χ0n) is 9.01. The standard InChI is InChI=1S/C13H17N/c1-4-14-9-13-7-10(2)5-6-12(13)8-11(14)3/h5-7H,3-4,8-9H2,1-2H3. The molecule has 1 aliphatic rings. The average Bonchev–Trinajstić information content (AvgIpc) is 2.17. The molecule has 1 heteroatoms. The Morgan fingerprint density at radius 2 is 2.14 bits per heavy atom. The van der Waals surface area contributed by atoms with E-state index in [1.807, 2.05) is 0 Å². The predicted octanol–water partition coefficient (Wildman–Crippen LogP) is 2.89. The maximum Gasteiger partial charge on any atom is 0.0429 e. The molecule has 0 aromatic heterocycles. The number of hydrogen-bond acceptors (Lipinski definition) is 1. The molecule has 14 heavy (non-hydrogen) atoms. The molecule has 1 heterocycles. The molecule has 1 aromatic carbocycles. The Balaban J connectivity index is 2.36. The number of rotatable bonds is 1. The summed E-state index contributed by atoms with van der Waals surface area (Å²) >= 11 is 0. The van der Waals surface area contributed by atoms with Gasteiger partial charge in [-0.2, -0.15) is 0 Å². The molecule has 1 aliphatic heterocycles. The summed E-state index contributed by atoms with van der Waals surface area (Å²) in [6.07, 6.45) is 1.02. The summed E-state index contributed by atoms with van der Waals surface area (Å²) < 4.78 is 0. The summed E-state index contributed by atoms with van der Waals surface area (Å²) in [4.78, 5) is 2.35. The van der Waals surface area contributed by atoms with Gasteiger partial charge in [-0.05, 0) is 25.0 Å². The molecule has 0 saturated heterocycles. The Morgan fingerprint density at radius 3 is 2.86 bits per heavy atom. The molecule has 0 atom stereocenters. The number of nitrogens with zero attached hydrogens (tertiary/aromatic N) is 1. The summed E-state index contributed by atoms with van der Waals surface area (Å²) in [5, 5.41) is 0. The molecular formula is C13H17N. The smallest absolute Gasteiger partial charge is 0.0429 e. The third-order valence-corrected chi connectivity index (χ3v) is 2.95. The van der Waals surface area contributed by atoms with Crippen LogP contribution in [0.3, 0.4) is 0 Å². The topological polar surface area (TPSA) is 3.24 Å². The zero-order chi connectivity index (χ0) is 10.1.